The molecule has 0 amide bonds. The fourth-order valence-corrected chi connectivity index (χ4v) is 2.22. The molecule has 0 unspecified atom stereocenters. The second-order valence-electron chi connectivity index (χ2n) is 4.20. The van der Waals surface area contributed by atoms with Gasteiger partial charge in [0, 0.05) is 21.9 Å². The summed E-state index contributed by atoms with van der Waals surface area (Å²) in [5.41, 5.74) is 2.49. The Morgan fingerprint density at radius 2 is 1.75 bits per heavy atom. The van der Waals surface area contributed by atoms with Gasteiger partial charge in [0.1, 0.15) is 11.6 Å². The van der Waals surface area contributed by atoms with Gasteiger partial charge in [-0.2, -0.15) is 4.98 Å². The first-order chi connectivity index (χ1) is 9.78. The SMILES string of the molecule is NNc1cccc(Oc2ccc(Cl)c3ccccc23)n1. The molecular formula is C15H12ClN3O. The number of aromatic nitrogens is 1. The first kappa shape index (κ1) is 12.7. The third kappa shape index (κ3) is 2.39. The summed E-state index contributed by atoms with van der Waals surface area (Å²) >= 11 is 6.18. The van der Waals surface area contributed by atoms with Crippen molar-refractivity contribution in [1.29, 1.82) is 0 Å². The molecule has 0 saturated carbocycles. The maximum atomic E-state index is 6.18. The predicted octanol–water partition coefficient (Wildman–Crippen LogP) is 3.97. The highest BCUT2D eigenvalue weighted by atomic mass is 35.5. The molecule has 0 aliphatic carbocycles. The summed E-state index contributed by atoms with van der Waals surface area (Å²) in [6.45, 7) is 0. The molecule has 2 aromatic carbocycles. The number of hydrazine groups is 1. The van der Waals surface area contributed by atoms with E-state index in [0.29, 0.717) is 22.5 Å². The van der Waals surface area contributed by atoms with Gasteiger partial charge in [0.15, 0.2) is 0 Å². The number of rotatable bonds is 3. The van der Waals surface area contributed by atoms with Crippen LogP contribution in [0.5, 0.6) is 11.6 Å². The summed E-state index contributed by atoms with van der Waals surface area (Å²) in [6.07, 6.45) is 0. The molecule has 0 fully saturated rings. The van der Waals surface area contributed by atoms with E-state index >= 15 is 0 Å². The number of anilines is 1. The molecule has 100 valence electrons. The Labute approximate surface area is 121 Å². The smallest absolute Gasteiger partial charge is 0.221 e. The van der Waals surface area contributed by atoms with Crippen LogP contribution in [0.2, 0.25) is 5.02 Å². The van der Waals surface area contributed by atoms with Crippen LogP contribution in [0.25, 0.3) is 10.8 Å². The van der Waals surface area contributed by atoms with Crippen molar-refractivity contribution in [2.24, 2.45) is 5.84 Å². The van der Waals surface area contributed by atoms with E-state index in [1.807, 2.05) is 42.5 Å². The Kier molecular flexibility index (Phi) is 3.41. The van der Waals surface area contributed by atoms with Crippen LogP contribution in [0, 0.1) is 0 Å². The maximum absolute atomic E-state index is 6.18. The number of hydrogen-bond donors (Lipinski definition) is 2. The normalized spacial score (nSPS) is 10.5. The minimum absolute atomic E-state index is 0.466. The standard InChI is InChI=1S/C15H12ClN3O/c16-12-8-9-13(11-5-2-1-4-10(11)12)20-15-7-3-6-14(18-15)19-17/h1-9H,17H2,(H,18,19). The van der Waals surface area contributed by atoms with Gasteiger partial charge in [0.25, 0.3) is 0 Å². The van der Waals surface area contributed by atoms with Gasteiger partial charge in [0.2, 0.25) is 5.88 Å². The van der Waals surface area contributed by atoms with Gasteiger partial charge < -0.3 is 10.2 Å². The second-order valence-corrected chi connectivity index (χ2v) is 4.61. The molecule has 20 heavy (non-hydrogen) atoms. The highest BCUT2D eigenvalue weighted by Crippen LogP contribution is 2.33. The largest absolute Gasteiger partial charge is 0.438 e. The first-order valence-corrected chi connectivity index (χ1v) is 6.44. The molecule has 0 aliphatic heterocycles. The van der Waals surface area contributed by atoms with E-state index in [-0.39, 0.29) is 0 Å². The summed E-state index contributed by atoms with van der Waals surface area (Å²) in [4.78, 5) is 4.22. The van der Waals surface area contributed by atoms with Crippen LogP contribution < -0.4 is 16.0 Å². The maximum Gasteiger partial charge on any atom is 0.221 e. The van der Waals surface area contributed by atoms with E-state index in [9.17, 15) is 0 Å². The summed E-state index contributed by atoms with van der Waals surface area (Å²) in [5.74, 6) is 7.05. The molecule has 3 aromatic rings. The number of halogens is 1. The van der Waals surface area contributed by atoms with Gasteiger partial charge in [-0.1, -0.05) is 41.9 Å². The highest BCUT2D eigenvalue weighted by molar-refractivity contribution is 6.35. The molecule has 0 spiro atoms. The van der Waals surface area contributed by atoms with E-state index in [4.69, 9.17) is 22.2 Å². The number of nitrogens with two attached hydrogens (primary N) is 1. The Hall–Kier alpha value is -2.30. The number of ether oxygens (including phenoxy) is 1. The van der Waals surface area contributed by atoms with E-state index in [2.05, 4.69) is 10.4 Å². The average molecular weight is 286 g/mol. The van der Waals surface area contributed by atoms with Gasteiger partial charge >= 0.3 is 0 Å². The third-order valence-corrected chi connectivity index (χ3v) is 3.25. The molecule has 3 N–H and O–H groups in total. The van der Waals surface area contributed by atoms with Gasteiger partial charge in [-0.25, -0.2) is 5.84 Å². The molecule has 1 aromatic heterocycles. The zero-order valence-corrected chi connectivity index (χ0v) is 11.3. The molecule has 0 radical (unpaired) electrons. The molecule has 5 heteroatoms. The van der Waals surface area contributed by atoms with Crippen LogP contribution in [0.1, 0.15) is 0 Å². The number of pyridine rings is 1. The van der Waals surface area contributed by atoms with Crippen LogP contribution in [0.3, 0.4) is 0 Å². The number of nitrogens with zero attached hydrogens (tertiary/aromatic N) is 1. The van der Waals surface area contributed by atoms with E-state index in [1.165, 1.54) is 0 Å². The number of nitrogen functional groups attached to an aromatic ring is 1. The molecule has 0 saturated heterocycles. The molecule has 0 bridgehead atoms. The van der Waals surface area contributed by atoms with Crippen molar-refractivity contribution in [3.05, 3.63) is 59.6 Å². The second kappa shape index (κ2) is 5.36. The lowest BCUT2D eigenvalue weighted by Gasteiger charge is -2.10. The molecule has 0 atom stereocenters. The highest BCUT2D eigenvalue weighted by Gasteiger charge is 2.07. The summed E-state index contributed by atoms with van der Waals surface area (Å²) in [5, 5.41) is 2.57. The van der Waals surface area contributed by atoms with Gasteiger partial charge in [-0.3, -0.25) is 0 Å². The lowest BCUT2D eigenvalue weighted by atomic mass is 10.1. The fraction of sp³-hybridized carbons (Fsp3) is 0. The van der Waals surface area contributed by atoms with Crippen molar-refractivity contribution in [3.63, 3.8) is 0 Å². The number of nitrogens with one attached hydrogen (secondary N) is 1. The Morgan fingerprint density at radius 1 is 0.950 bits per heavy atom. The Balaban J connectivity index is 2.04. The van der Waals surface area contributed by atoms with Crippen molar-refractivity contribution in [3.8, 4) is 11.6 Å². The topological polar surface area (TPSA) is 60.2 Å². The fourth-order valence-electron chi connectivity index (χ4n) is 1.99. The first-order valence-electron chi connectivity index (χ1n) is 6.07. The Morgan fingerprint density at radius 3 is 2.55 bits per heavy atom. The summed E-state index contributed by atoms with van der Waals surface area (Å²) in [6, 6.07) is 16.8. The number of benzene rings is 2. The van der Waals surface area contributed by atoms with Gasteiger partial charge in [-0.15, -0.1) is 0 Å². The summed E-state index contributed by atoms with van der Waals surface area (Å²) < 4.78 is 5.82. The van der Waals surface area contributed by atoms with Gasteiger partial charge in [-0.05, 0) is 18.2 Å². The van der Waals surface area contributed by atoms with Crippen LogP contribution in [0.4, 0.5) is 5.82 Å². The molecule has 0 aliphatic rings. The summed E-state index contributed by atoms with van der Waals surface area (Å²) in [7, 11) is 0. The van der Waals surface area contributed by atoms with Crippen molar-refractivity contribution in [2.75, 3.05) is 5.43 Å². The van der Waals surface area contributed by atoms with Crippen molar-refractivity contribution >= 4 is 28.2 Å². The van der Waals surface area contributed by atoms with Gasteiger partial charge in [0.05, 0.1) is 0 Å². The van der Waals surface area contributed by atoms with Crippen molar-refractivity contribution < 1.29 is 4.74 Å². The third-order valence-electron chi connectivity index (χ3n) is 2.92. The quantitative estimate of drug-likeness (QED) is 0.565. The van der Waals surface area contributed by atoms with Crippen LogP contribution in [-0.2, 0) is 0 Å². The molecule has 1 heterocycles. The van der Waals surface area contributed by atoms with Crippen molar-refractivity contribution in [1.82, 2.24) is 4.98 Å². The molecular weight excluding hydrogens is 274 g/mol. The van der Waals surface area contributed by atoms with E-state index < -0.39 is 0 Å². The molecule has 4 nitrogen and oxygen atoms in total. The Bertz CT molecular complexity index is 761. The average Bonchev–Trinajstić information content (AvgIpc) is 2.51. The lowest BCUT2D eigenvalue weighted by molar-refractivity contribution is 0.469. The number of fused-ring (bicyclic) bond motifs is 1. The minimum Gasteiger partial charge on any atom is -0.438 e. The molecule has 3 rings (SSSR count). The number of hydrogen-bond acceptors (Lipinski definition) is 4. The van der Waals surface area contributed by atoms with E-state index in [1.54, 1.807) is 12.1 Å². The van der Waals surface area contributed by atoms with Crippen molar-refractivity contribution in [2.45, 2.75) is 0 Å². The van der Waals surface area contributed by atoms with Crippen LogP contribution in [-0.4, -0.2) is 4.98 Å². The van der Waals surface area contributed by atoms with E-state index in [0.717, 1.165) is 10.8 Å². The van der Waals surface area contributed by atoms with Crippen LogP contribution >= 0.6 is 11.6 Å². The zero-order chi connectivity index (χ0) is 13.9. The van der Waals surface area contributed by atoms with Crippen LogP contribution in [0.15, 0.2) is 54.6 Å². The lowest BCUT2D eigenvalue weighted by Crippen LogP contribution is -2.08. The predicted molar refractivity (Wildman–Crippen MR) is 81.1 cm³/mol. The monoisotopic (exact) mass is 285 g/mol. The zero-order valence-electron chi connectivity index (χ0n) is 10.5. The minimum atomic E-state index is 0.466.